The lowest BCUT2D eigenvalue weighted by Crippen LogP contribution is -2.36. The number of hydrogen-bond acceptors (Lipinski definition) is 4. The molecule has 0 atom stereocenters. The predicted molar refractivity (Wildman–Crippen MR) is 127 cm³/mol. The van der Waals surface area contributed by atoms with Gasteiger partial charge in [0.05, 0.1) is 29.8 Å². The van der Waals surface area contributed by atoms with Crippen molar-refractivity contribution in [1.82, 2.24) is 14.5 Å². The Morgan fingerprint density at radius 2 is 1.86 bits per heavy atom. The zero-order chi connectivity index (χ0) is 26.2. The largest absolute Gasteiger partial charge is 0.416 e. The van der Waals surface area contributed by atoms with Gasteiger partial charge in [0.1, 0.15) is 0 Å². The zero-order valence-corrected chi connectivity index (χ0v) is 21.7. The van der Waals surface area contributed by atoms with Crippen molar-refractivity contribution >= 4 is 15.7 Å². The number of imidazole rings is 1. The molecule has 3 rings (SSSR count). The van der Waals surface area contributed by atoms with Crippen LogP contribution in [0.4, 0.5) is 13.2 Å². The maximum absolute atomic E-state index is 13.3. The zero-order valence-electron chi connectivity index (χ0n) is 20.9. The average Bonchev–Trinajstić information content (AvgIpc) is 3.44. The number of aromatic nitrogens is 2. The Labute approximate surface area is 205 Å². The molecular weight excluding hydrogens is 479 g/mol. The number of amides is 1. The first-order valence-corrected chi connectivity index (χ1v) is 13.4. The second-order valence-corrected chi connectivity index (χ2v) is 12.9. The van der Waals surface area contributed by atoms with Gasteiger partial charge in [0, 0.05) is 19.0 Å². The average molecular weight is 514 g/mol. The van der Waals surface area contributed by atoms with Crippen LogP contribution in [0, 0.1) is 11.3 Å². The van der Waals surface area contributed by atoms with Crippen molar-refractivity contribution in [3.63, 3.8) is 0 Å². The summed E-state index contributed by atoms with van der Waals surface area (Å²) in [5.74, 6) is -0.373. The fourth-order valence-electron chi connectivity index (χ4n) is 4.03. The Morgan fingerprint density at radius 1 is 1.20 bits per heavy atom. The van der Waals surface area contributed by atoms with E-state index in [0.717, 1.165) is 25.0 Å². The molecule has 0 bridgehead atoms. The lowest BCUT2D eigenvalue weighted by Gasteiger charge is -2.28. The normalized spacial score (nSPS) is 15.0. The molecule has 1 aliphatic carbocycles. The van der Waals surface area contributed by atoms with Crippen LogP contribution >= 0.6 is 0 Å². The van der Waals surface area contributed by atoms with Crippen LogP contribution in [0.2, 0.25) is 0 Å². The van der Waals surface area contributed by atoms with Crippen molar-refractivity contribution in [1.29, 1.82) is 0 Å². The van der Waals surface area contributed by atoms with E-state index in [1.54, 1.807) is 9.47 Å². The Balaban J connectivity index is 1.91. The van der Waals surface area contributed by atoms with Crippen LogP contribution in [0.25, 0.3) is 0 Å². The highest BCUT2D eigenvalue weighted by Gasteiger charge is 2.35. The van der Waals surface area contributed by atoms with Crippen molar-refractivity contribution in [2.45, 2.75) is 83.6 Å². The third kappa shape index (κ3) is 7.32. The van der Waals surface area contributed by atoms with Crippen LogP contribution in [-0.4, -0.2) is 35.3 Å². The van der Waals surface area contributed by atoms with Crippen molar-refractivity contribution < 1.29 is 26.4 Å². The molecule has 1 amide bonds. The van der Waals surface area contributed by atoms with E-state index in [4.69, 9.17) is 0 Å². The van der Waals surface area contributed by atoms with E-state index in [1.165, 1.54) is 18.3 Å². The van der Waals surface area contributed by atoms with Gasteiger partial charge in [0.15, 0.2) is 0 Å². The number of halogens is 3. The van der Waals surface area contributed by atoms with Crippen molar-refractivity contribution in [2.75, 3.05) is 6.54 Å². The van der Waals surface area contributed by atoms with E-state index in [1.807, 2.05) is 34.6 Å². The molecular formula is C25H34F3N3O3S. The number of rotatable bonds is 9. The van der Waals surface area contributed by atoms with Gasteiger partial charge in [-0.15, -0.1) is 0 Å². The summed E-state index contributed by atoms with van der Waals surface area (Å²) in [6, 6.07) is 4.30. The molecule has 0 unspecified atom stereocenters. The van der Waals surface area contributed by atoms with Gasteiger partial charge in [-0.05, 0) is 35.8 Å². The van der Waals surface area contributed by atoms with Crippen LogP contribution in [0.1, 0.15) is 76.7 Å². The third-order valence-electron chi connectivity index (χ3n) is 5.61. The highest BCUT2D eigenvalue weighted by molar-refractivity contribution is 7.90. The van der Waals surface area contributed by atoms with Crippen LogP contribution in [0.15, 0.2) is 35.6 Å². The van der Waals surface area contributed by atoms with Crippen LogP contribution in [0.5, 0.6) is 0 Å². The Bertz CT molecular complexity index is 1160. The predicted octanol–water partition coefficient (Wildman–Crippen LogP) is 5.63. The third-order valence-corrected chi connectivity index (χ3v) is 7.19. The van der Waals surface area contributed by atoms with Crippen LogP contribution < -0.4 is 0 Å². The first-order valence-electron chi connectivity index (χ1n) is 11.8. The van der Waals surface area contributed by atoms with Gasteiger partial charge < -0.3 is 9.47 Å². The summed E-state index contributed by atoms with van der Waals surface area (Å²) in [5.41, 5.74) is -0.410. The fourth-order valence-corrected chi connectivity index (χ4v) is 5.55. The minimum atomic E-state index is -4.56. The summed E-state index contributed by atoms with van der Waals surface area (Å²) >= 11 is 0. The first kappa shape index (κ1) is 27.2. The molecule has 0 N–H and O–H groups in total. The maximum atomic E-state index is 13.3. The van der Waals surface area contributed by atoms with Crippen molar-refractivity contribution in [3.05, 3.63) is 47.3 Å². The van der Waals surface area contributed by atoms with Gasteiger partial charge >= 0.3 is 6.18 Å². The quantitative estimate of drug-likeness (QED) is 0.436. The Kier molecular flexibility index (Phi) is 7.74. The number of sulfone groups is 1. The maximum Gasteiger partial charge on any atom is 0.416 e. The molecule has 1 aromatic heterocycles. The molecule has 35 heavy (non-hydrogen) atoms. The molecule has 1 heterocycles. The summed E-state index contributed by atoms with van der Waals surface area (Å²) in [4.78, 5) is 19.0. The molecule has 1 aromatic carbocycles. The number of carbonyl (C=O) groups excluding carboxylic acids is 1. The lowest BCUT2D eigenvalue weighted by molar-refractivity contribution is -0.137. The number of nitrogens with zero attached hydrogens (tertiary/aromatic N) is 3. The summed E-state index contributed by atoms with van der Waals surface area (Å²) in [6.45, 7) is 10.8. The Hall–Kier alpha value is -2.36. The van der Waals surface area contributed by atoms with Gasteiger partial charge in [-0.2, -0.15) is 13.2 Å². The number of alkyl halides is 3. The molecule has 1 aliphatic rings. The van der Waals surface area contributed by atoms with E-state index in [0.29, 0.717) is 18.7 Å². The SMILES string of the molecule is CC(C)CN(Cc1cnc(S(=O)(=O)Cc2cccc(C(F)(F)F)c2)n1C1CC1)C(=O)CC(C)(C)C. The van der Waals surface area contributed by atoms with E-state index in [9.17, 15) is 26.4 Å². The molecule has 2 aromatic rings. The number of benzene rings is 1. The first-order chi connectivity index (χ1) is 16.1. The van der Waals surface area contributed by atoms with E-state index in [2.05, 4.69) is 4.98 Å². The highest BCUT2D eigenvalue weighted by Crippen LogP contribution is 2.39. The van der Waals surface area contributed by atoms with Crippen LogP contribution in [0.3, 0.4) is 0 Å². The van der Waals surface area contributed by atoms with Crippen molar-refractivity contribution in [2.24, 2.45) is 11.3 Å². The topological polar surface area (TPSA) is 72.3 Å². The van der Waals surface area contributed by atoms with Gasteiger partial charge in [-0.25, -0.2) is 13.4 Å². The Morgan fingerprint density at radius 3 is 2.40 bits per heavy atom. The highest BCUT2D eigenvalue weighted by atomic mass is 32.2. The standard InChI is InChI=1S/C25H34F3N3O3S/c1-17(2)14-30(22(32)12-24(3,4)5)15-21-13-29-23(31(21)20-9-10-20)35(33,34)16-18-7-6-8-19(11-18)25(26,27)28/h6-8,11,13,17,20H,9-10,12,14-16H2,1-5H3. The molecule has 0 radical (unpaired) electrons. The van der Waals surface area contributed by atoms with Gasteiger partial charge in [-0.1, -0.05) is 52.8 Å². The molecule has 0 spiro atoms. The second-order valence-electron chi connectivity index (χ2n) is 11.0. The number of hydrogen-bond donors (Lipinski definition) is 0. The molecule has 0 saturated heterocycles. The molecule has 1 fully saturated rings. The van der Waals surface area contributed by atoms with Gasteiger partial charge in [-0.3, -0.25) is 4.79 Å². The lowest BCUT2D eigenvalue weighted by atomic mass is 9.91. The van der Waals surface area contributed by atoms with E-state index < -0.39 is 27.3 Å². The smallest absolute Gasteiger partial charge is 0.337 e. The summed E-state index contributed by atoms with van der Waals surface area (Å²) in [5, 5.41) is -0.153. The van der Waals surface area contributed by atoms with Crippen molar-refractivity contribution in [3.8, 4) is 0 Å². The molecule has 1 saturated carbocycles. The van der Waals surface area contributed by atoms with E-state index in [-0.39, 0.29) is 40.5 Å². The summed E-state index contributed by atoms with van der Waals surface area (Å²) < 4.78 is 67.5. The molecule has 6 nitrogen and oxygen atoms in total. The van der Waals surface area contributed by atoms with Gasteiger partial charge in [0.2, 0.25) is 20.9 Å². The van der Waals surface area contributed by atoms with Crippen LogP contribution in [-0.2, 0) is 33.1 Å². The van der Waals surface area contributed by atoms with Gasteiger partial charge in [0.25, 0.3) is 0 Å². The minimum Gasteiger partial charge on any atom is -0.337 e. The second kappa shape index (κ2) is 9.95. The summed E-state index contributed by atoms with van der Waals surface area (Å²) in [7, 11) is -4.02. The van der Waals surface area contributed by atoms with E-state index >= 15 is 0 Å². The fraction of sp³-hybridized carbons (Fsp3) is 0.600. The molecule has 194 valence electrons. The summed E-state index contributed by atoms with van der Waals surface area (Å²) in [6.07, 6.45) is -1.14. The minimum absolute atomic E-state index is 0.0110. The monoisotopic (exact) mass is 513 g/mol. The molecule has 0 aliphatic heterocycles. The number of carbonyl (C=O) groups is 1. The molecule has 10 heteroatoms.